The minimum atomic E-state index is -0.596. The smallest absolute Gasteiger partial charge is 0.315 e. The molecule has 3 aromatic rings. The number of halogens is 1. The number of hydrogen-bond donors (Lipinski definition) is 3. The van der Waals surface area contributed by atoms with Gasteiger partial charge in [-0.05, 0) is 42.3 Å². The second kappa shape index (κ2) is 7.17. The zero-order valence-electron chi connectivity index (χ0n) is 14.5. The number of rotatable bonds is 4. The van der Waals surface area contributed by atoms with Gasteiger partial charge in [-0.3, -0.25) is 4.79 Å². The van der Waals surface area contributed by atoms with Crippen LogP contribution < -0.4 is 16.0 Å². The van der Waals surface area contributed by atoms with E-state index < -0.39 is 6.04 Å². The van der Waals surface area contributed by atoms with E-state index in [4.69, 9.17) is 11.6 Å². The monoisotopic (exact) mass is 400 g/mol. The van der Waals surface area contributed by atoms with Gasteiger partial charge in [0.15, 0.2) is 0 Å². The Kier molecular flexibility index (Phi) is 4.72. The molecule has 1 fully saturated rings. The Balaban J connectivity index is 1.69. The van der Waals surface area contributed by atoms with E-state index in [-0.39, 0.29) is 24.5 Å². The number of aryl methyl sites for hydroxylation is 1. The van der Waals surface area contributed by atoms with E-state index in [1.54, 1.807) is 23.5 Å². The van der Waals surface area contributed by atoms with Gasteiger partial charge in [-0.2, -0.15) is 0 Å². The van der Waals surface area contributed by atoms with Crippen LogP contribution in [0.5, 0.6) is 0 Å². The van der Waals surface area contributed by atoms with Crippen molar-refractivity contribution < 1.29 is 9.59 Å². The van der Waals surface area contributed by atoms with Crippen LogP contribution in [0.25, 0.3) is 10.2 Å². The van der Waals surface area contributed by atoms with E-state index in [0.717, 1.165) is 26.4 Å². The maximum Gasteiger partial charge on any atom is 0.315 e. The highest BCUT2D eigenvalue weighted by atomic mass is 35.5. The Bertz CT molecular complexity index is 1020. The fraction of sp³-hybridized carbons (Fsp3) is 0.211. The zero-order valence-corrected chi connectivity index (χ0v) is 16.0. The Hall–Kier alpha value is -2.64. The topological polar surface area (TPSA) is 83.1 Å². The van der Waals surface area contributed by atoms with E-state index in [1.807, 2.05) is 37.3 Å². The van der Waals surface area contributed by atoms with Crippen LogP contribution in [0.4, 0.5) is 4.79 Å². The first kappa shape index (κ1) is 17.8. The average Bonchev–Trinajstić information content (AvgIpc) is 3.24. The minimum Gasteiger partial charge on any atom is -0.343 e. The number of carbonyl (C=O) groups is 2. The van der Waals surface area contributed by atoms with Crippen molar-refractivity contribution in [2.45, 2.75) is 19.0 Å². The molecule has 1 aliphatic rings. The van der Waals surface area contributed by atoms with Crippen molar-refractivity contribution >= 4 is 45.1 Å². The summed E-state index contributed by atoms with van der Waals surface area (Å²) in [5.41, 5.74) is 2.79. The summed E-state index contributed by atoms with van der Waals surface area (Å²) >= 11 is 7.63. The molecular formula is C19H17ClN4O2S. The van der Waals surface area contributed by atoms with Crippen molar-refractivity contribution in [1.82, 2.24) is 20.9 Å². The summed E-state index contributed by atoms with van der Waals surface area (Å²) in [6.07, 6.45) is 0. The van der Waals surface area contributed by atoms with E-state index in [1.165, 1.54) is 0 Å². The molecule has 0 aliphatic carbocycles. The van der Waals surface area contributed by atoms with Gasteiger partial charge in [-0.25, -0.2) is 9.78 Å². The van der Waals surface area contributed by atoms with Crippen LogP contribution >= 0.6 is 22.9 Å². The normalized spacial score (nSPS) is 17.4. The molecule has 0 bridgehead atoms. The second-order valence-corrected chi connectivity index (χ2v) is 8.03. The standard InChI is InChI=1S/C19H17ClN4O2S/c1-10-22-14-7-4-12(8-16(14)27-10)17(11-2-5-13(20)6-3-11)24-18(25)15-9-21-19(26)23-15/h2-8,15,17H,9H2,1H3,(H,24,25)(H2,21,23,26)/t15?,17-/m1/s1. The fourth-order valence-electron chi connectivity index (χ4n) is 3.11. The van der Waals surface area contributed by atoms with Gasteiger partial charge in [0.1, 0.15) is 6.04 Å². The number of fused-ring (bicyclic) bond motifs is 1. The van der Waals surface area contributed by atoms with Crippen LogP contribution in [0.2, 0.25) is 5.02 Å². The Morgan fingerprint density at radius 3 is 2.70 bits per heavy atom. The van der Waals surface area contributed by atoms with Crippen LogP contribution in [-0.2, 0) is 4.79 Å². The van der Waals surface area contributed by atoms with Crippen molar-refractivity contribution in [1.29, 1.82) is 0 Å². The number of urea groups is 1. The molecule has 0 radical (unpaired) electrons. The van der Waals surface area contributed by atoms with Gasteiger partial charge in [0.25, 0.3) is 0 Å². The first-order chi connectivity index (χ1) is 13.0. The molecule has 4 rings (SSSR count). The van der Waals surface area contributed by atoms with Crippen LogP contribution in [0.3, 0.4) is 0 Å². The molecule has 0 saturated carbocycles. The lowest BCUT2D eigenvalue weighted by Crippen LogP contribution is -2.44. The molecule has 8 heteroatoms. The summed E-state index contributed by atoms with van der Waals surface area (Å²) in [6, 6.07) is 12.1. The van der Waals surface area contributed by atoms with Gasteiger partial charge in [0.2, 0.25) is 5.91 Å². The number of nitrogens with zero attached hydrogens (tertiary/aromatic N) is 1. The summed E-state index contributed by atoms with van der Waals surface area (Å²) in [5, 5.41) is 9.89. The molecule has 2 atom stereocenters. The number of hydrogen-bond acceptors (Lipinski definition) is 4. The van der Waals surface area contributed by atoms with E-state index in [2.05, 4.69) is 20.9 Å². The molecule has 3 amide bonds. The lowest BCUT2D eigenvalue weighted by atomic mass is 9.98. The van der Waals surface area contributed by atoms with Gasteiger partial charge in [0, 0.05) is 11.6 Å². The number of amides is 3. The molecule has 3 N–H and O–H groups in total. The third kappa shape index (κ3) is 3.74. The molecular weight excluding hydrogens is 384 g/mol. The second-order valence-electron chi connectivity index (χ2n) is 6.36. The minimum absolute atomic E-state index is 0.242. The number of carbonyl (C=O) groups excluding carboxylic acids is 2. The lowest BCUT2D eigenvalue weighted by Gasteiger charge is -2.22. The highest BCUT2D eigenvalue weighted by molar-refractivity contribution is 7.18. The molecule has 6 nitrogen and oxygen atoms in total. The molecule has 1 unspecified atom stereocenters. The van der Waals surface area contributed by atoms with Gasteiger partial charge >= 0.3 is 6.03 Å². The number of thiazole rings is 1. The Morgan fingerprint density at radius 1 is 1.26 bits per heavy atom. The number of aromatic nitrogens is 1. The van der Waals surface area contributed by atoms with E-state index in [9.17, 15) is 9.59 Å². The molecule has 1 saturated heterocycles. The van der Waals surface area contributed by atoms with Crippen LogP contribution in [0, 0.1) is 6.92 Å². The molecule has 0 spiro atoms. The van der Waals surface area contributed by atoms with Crippen molar-refractivity contribution in [3.63, 3.8) is 0 Å². The summed E-state index contributed by atoms with van der Waals surface area (Å²) in [5.74, 6) is -0.242. The Labute approximate surface area is 164 Å². The fourth-order valence-corrected chi connectivity index (χ4v) is 4.11. The number of nitrogens with one attached hydrogen (secondary N) is 3. The van der Waals surface area contributed by atoms with E-state index >= 15 is 0 Å². The Morgan fingerprint density at radius 2 is 2.00 bits per heavy atom. The van der Waals surface area contributed by atoms with Gasteiger partial charge in [0.05, 0.1) is 21.3 Å². The lowest BCUT2D eigenvalue weighted by molar-refractivity contribution is -0.122. The van der Waals surface area contributed by atoms with Crippen molar-refractivity contribution in [3.8, 4) is 0 Å². The maximum absolute atomic E-state index is 12.7. The highest BCUT2D eigenvalue weighted by Crippen LogP contribution is 2.29. The SMILES string of the molecule is Cc1nc2ccc([C@H](NC(=O)C3CNC(=O)N3)c3ccc(Cl)cc3)cc2s1. The van der Waals surface area contributed by atoms with Crippen LogP contribution in [0.1, 0.15) is 22.2 Å². The summed E-state index contributed by atoms with van der Waals surface area (Å²) in [6.45, 7) is 2.24. The average molecular weight is 401 g/mol. The molecule has 27 heavy (non-hydrogen) atoms. The maximum atomic E-state index is 12.7. The largest absolute Gasteiger partial charge is 0.343 e. The van der Waals surface area contributed by atoms with Gasteiger partial charge < -0.3 is 16.0 Å². The molecule has 138 valence electrons. The first-order valence-electron chi connectivity index (χ1n) is 8.47. The summed E-state index contributed by atoms with van der Waals surface area (Å²) < 4.78 is 1.06. The summed E-state index contributed by atoms with van der Waals surface area (Å²) in [4.78, 5) is 28.5. The van der Waals surface area contributed by atoms with Crippen molar-refractivity contribution in [2.75, 3.05) is 6.54 Å². The molecule has 1 aromatic heterocycles. The highest BCUT2D eigenvalue weighted by Gasteiger charge is 2.29. The third-order valence-electron chi connectivity index (χ3n) is 4.43. The van der Waals surface area contributed by atoms with Crippen LogP contribution in [-0.4, -0.2) is 29.5 Å². The zero-order chi connectivity index (χ0) is 19.0. The first-order valence-corrected chi connectivity index (χ1v) is 9.66. The molecule has 1 aliphatic heterocycles. The number of benzene rings is 2. The van der Waals surface area contributed by atoms with Gasteiger partial charge in [-0.1, -0.05) is 29.8 Å². The molecule has 2 heterocycles. The quantitative estimate of drug-likeness (QED) is 0.629. The van der Waals surface area contributed by atoms with Crippen molar-refractivity contribution in [2.24, 2.45) is 0 Å². The van der Waals surface area contributed by atoms with Crippen molar-refractivity contribution in [3.05, 3.63) is 63.6 Å². The van der Waals surface area contributed by atoms with Gasteiger partial charge in [-0.15, -0.1) is 11.3 Å². The predicted molar refractivity (Wildman–Crippen MR) is 106 cm³/mol. The van der Waals surface area contributed by atoms with E-state index in [0.29, 0.717) is 5.02 Å². The van der Waals surface area contributed by atoms with Crippen LogP contribution in [0.15, 0.2) is 42.5 Å². The predicted octanol–water partition coefficient (Wildman–Crippen LogP) is 3.15. The molecule has 2 aromatic carbocycles. The third-order valence-corrected chi connectivity index (χ3v) is 5.62. The summed E-state index contributed by atoms with van der Waals surface area (Å²) in [7, 11) is 0.